The molecule has 0 saturated heterocycles. The molecule has 2 aromatic rings. The first-order chi connectivity index (χ1) is 11.5. The van der Waals surface area contributed by atoms with E-state index >= 15 is 0 Å². The minimum Gasteiger partial charge on any atom is -0.490 e. The van der Waals surface area contributed by atoms with E-state index in [1.807, 2.05) is 26.0 Å². The molecule has 6 heteroatoms. The summed E-state index contributed by atoms with van der Waals surface area (Å²) < 4.78 is 10.7. The van der Waals surface area contributed by atoms with Crippen LogP contribution >= 0.6 is 11.6 Å². The normalized spacial score (nSPS) is 10.8. The third-order valence-corrected chi connectivity index (χ3v) is 3.54. The first-order valence-electron chi connectivity index (χ1n) is 7.41. The molecule has 0 spiro atoms. The summed E-state index contributed by atoms with van der Waals surface area (Å²) >= 11 is 6.08. The number of carboxylic acid groups (broad SMARTS) is 1. The first kappa shape index (κ1) is 17.8. The van der Waals surface area contributed by atoms with E-state index in [1.54, 1.807) is 30.5 Å². The minimum atomic E-state index is -1.04. The van der Waals surface area contributed by atoms with Crippen LogP contribution in [0, 0.1) is 6.92 Å². The summed E-state index contributed by atoms with van der Waals surface area (Å²) in [5.74, 6) is -0.182. The Kier molecular flexibility index (Phi) is 6.21. The zero-order valence-corrected chi connectivity index (χ0v) is 14.2. The van der Waals surface area contributed by atoms with Gasteiger partial charge in [0.05, 0.1) is 12.3 Å². The fraction of sp³-hybridized carbons (Fsp3) is 0.222. The molecule has 0 fully saturated rings. The SMILES string of the molecule is CCOc1cc(C=Nc2ccc(C)c(Cl)c2)ccc1OCC(=O)O. The van der Waals surface area contributed by atoms with E-state index in [-0.39, 0.29) is 0 Å². The number of hydrogen-bond donors (Lipinski definition) is 1. The third-order valence-electron chi connectivity index (χ3n) is 3.14. The molecule has 0 atom stereocenters. The van der Waals surface area contributed by atoms with E-state index < -0.39 is 12.6 Å². The van der Waals surface area contributed by atoms with Gasteiger partial charge in [-0.3, -0.25) is 4.99 Å². The van der Waals surface area contributed by atoms with E-state index in [0.29, 0.717) is 23.1 Å². The van der Waals surface area contributed by atoms with Gasteiger partial charge in [-0.25, -0.2) is 4.79 Å². The average molecular weight is 348 g/mol. The molecule has 126 valence electrons. The number of aryl methyl sites for hydroxylation is 1. The second-order valence-electron chi connectivity index (χ2n) is 5.01. The molecule has 0 heterocycles. The molecular formula is C18H18ClNO4. The number of carbonyl (C=O) groups is 1. The number of hydrogen-bond acceptors (Lipinski definition) is 4. The van der Waals surface area contributed by atoms with Crippen LogP contribution in [0.2, 0.25) is 5.02 Å². The van der Waals surface area contributed by atoms with Crippen molar-refractivity contribution in [3.63, 3.8) is 0 Å². The van der Waals surface area contributed by atoms with Crippen LogP contribution in [0.4, 0.5) is 5.69 Å². The number of aliphatic carboxylic acids is 1. The van der Waals surface area contributed by atoms with Crippen LogP contribution in [-0.4, -0.2) is 30.5 Å². The summed E-state index contributed by atoms with van der Waals surface area (Å²) in [4.78, 5) is 15.0. The largest absolute Gasteiger partial charge is 0.490 e. The number of carboxylic acids is 1. The summed E-state index contributed by atoms with van der Waals surface area (Å²) in [7, 11) is 0. The van der Waals surface area contributed by atoms with E-state index in [2.05, 4.69) is 4.99 Å². The van der Waals surface area contributed by atoms with Crippen LogP contribution in [-0.2, 0) is 4.79 Å². The molecule has 0 saturated carbocycles. The van der Waals surface area contributed by atoms with Crippen LogP contribution in [0.5, 0.6) is 11.5 Å². The van der Waals surface area contributed by atoms with Crippen molar-refractivity contribution in [2.24, 2.45) is 4.99 Å². The Morgan fingerprint density at radius 1 is 1.21 bits per heavy atom. The number of nitrogens with zero attached hydrogens (tertiary/aromatic N) is 1. The van der Waals surface area contributed by atoms with Gasteiger partial charge in [0.25, 0.3) is 0 Å². The van der Waals surface area contributed by atoms with Gasteiger partial charge in [0, 0.05) is 11.2 Å². The smallest absolute Gasteiger partial charge is 0.341 e. The van der Waals surface area contributed by atoms with Crippen molar-refractivity contribution < 1.29 is 19.4 Å². The Morgan fingerprint density at radius 3 is 2.67 bits per heavy atom. The van der Waals surface area contributed by atoms with E-state index in [9.17, 15) is 4.79 Å². The second-order valence-corrected chi connectivity index (χ2v) is 5.42. The lowest BCUT2D eigenvalue weighted by Crippen LogP contribution is -2.10. The molecule has 1 N–H and O–H groups in total. The molecule has 0 amide bonds. The lowest BCUT2D eigenvalue weighted by atomic mass is 10.2. The number of halogens is 1. The van der Waals surface area contributed by atoms with Crippen LogP contribution in [0.1, 0.15) is 18.1 Å². The maximum atomic E-state index is 10.6. The molecule has 0 aliphatic heterocycles. The number of aliphatic imine (C=N–C) groups is 1. The highest BCUT2D eigenvalue weighted by molar-refractivity contribution is 6.31. The quantitative estimate of drug-likeness (QED) is 0.760. The molecule has 0 bridgehead atoms. The molecule has 0 aliphatic carbocycles. The van der Waals surface area contributed by atoms with E-state index in [1.165, 1.54) is 0 Å². The van der Waals surface area contributed by atoms with Gasteiger partial charge in [-0.2, -0.15) is 0 Å². The van der Waals surface area contributed by atoms with Gasteiger partial charge >= 0.3 is 5.97 Å². The monoisotopic (exact) mass is 347 g/mol. The summed E-state index contributed by atoms with van der Waals surface area (Å²) in [6.45, 7) is 3.79. The van der Waals surface area contributed by atoms with Crippen molar-refractivity contribution in [2.45, 2.75) is 13.8 Å². The lowest BCUT2D eigenvalue weighted by Gasteiger charge is -2.11. The molecule has 0 radical (unpaired) electrons. The highest BCUT2D eigenvalue weighted by atomic mass is 35.5. The molecule has 0 aromatic heterocycles. The van der Waals surface area contributed by atoms with Gasteiger partial charge in [-0.15, -0.1) is 0 Å². The van der Waals surface area contributed by atoms with Gasteiger partial charge in [0.2, 0.25) is 0 Å². The van der Waals surface area contributed by atoms with E-state index in [4.69, 9.17) is 26.2 Å². The summed E-state index contributed by atoms with van der Waals surface area (Å²) in [6, 6.07) is 10.8. The third kappa shape index (κ3) is 4.99. The fourth-order valence-corrected chi connectivity index (χ4v) is 2.12. The molecule has 0 unspecified atom stereocenters. The molecule has 0 aliphatic rings. The van der Waals surface area contributed by atoms with Crippen molar-refractivity contribution in [3.8, 4) is 11.5 Å². The topological polar surface area (TPSA) is 68.1 Å². The van der Waals surface area contributed by atoms with E-state index in [0.717, 1.165) is 16.8 Å². The molecule has 5 nitrogen and oxygen atoms in total. The van der Waals surface area contributed by atoms with Crippen LogP contribution < -0.4 is 9.47 Å². The van der Waals surface area contributed by atoms with Crippen molar-refractivity contribution in [3.05, 3.63) is 52.5 Å². The summed E-state index contributed by atoms with van der Waals surface area (Å²) in [5.41, 5.74) is 2.54. The Balaban J connectivity index is 2.20. The Hall–Kier alpha value is -2.53. The first-order valence-corrected chi connectivity index (χ1v) is 7.79. The predicted molar refractivity (Wildman–Crippen MR) is 94.2 cm³/mol. The molecule has 24 heavy (non-hydrogen) atoms. The van der Waals surface area contributed by atoms with Crippen LogP contribution in [0.15, 0.2) is 41.4 Å². The molecule has 2 aromatic carbocycles. The molecular weight excluding hydrogens is 330 g/mol. The van der Waals surface area contributed by atoms with Crippen molar-refractivity contribution in [2.75, 3.05) is 13.2 Å². The standard InChI is InChI=1S/C18H18ClNO4/c1-3-23-17-8-13(5-7-16(17)24-11-18(21)22)10-20-14-6-4-12(2)15(19)9-14/h4-10H,3,11H2,1-2H3,(H,21,22). The van der Waals surface area contributed by atoms with Crippen molar-refractivity contribution >= 4 is 29.5 Å². The predicted octanol–water partition coefficient (Wildman–Crippen LogP) is 4.26. The van der Waals surface area contributed by atoms with Crippen molar-refractivity contribution in [1.29, 1.82) is 0 Å². The van der Waals surface area contributed by atoms with Gasteiger partial charge in [-0.05, 0) is 55.3 Å². The van der Waals surface area contributed by atoms with Gasteiger partial charge in [-0.1, -0.05) is 17.7 Å². The molecule has 2 rings (SSSR count). The van der Waals surface area contributed by atoms with Gasteiger partial charge in [0.15, 0.2) is 18.1 Å². The maximum absolute atomic E-state index is 10.6. The average Bonchev–Trinajstić information content (AvgIpc) is 2.55. The number of benzene rings is 2. The number of rotatable bonds is 7. The zero-order chi connectivity index (χ0) is 17.5. The van der Waals surface area contributed by atoms with Gasteiger partial charge < -0.3 is 14.6 Å². The van der Waals surface area contributed by atoms with Crippen LogP contribution in [0.3, 0.4) is 0 Å². The second kappa shape index (κ2) is 8.36. The highest BCUT2D eigenvalue weighted by Crippen LogP contribution is 2.28. The zero-order valence-electron chi connectivity index (χ0n) is 13.5. The van der Waals surface area contributed by atoms with Crippen LogP contribution in [0.25, 0.3) is 0 Å². The minimum absolute atomic E-state index is 0.384. The van der Waals surface area contributed by atoms with Crippen molar-refractivity contribution in [1.82, 2.24) is 0 Å². The summed E-state index contributed by atoms with van der Waals surface area (Å²) in [6.07, 6.45) is 1.69. The number of ether oxygens (including phenoxy) is 2. The Bertz CT molecular complexity index is 759. The van der Waals surface area contributed by atoms with Gasteiger partial charge in [0.1, 0.15) is 0 Å². The Labute approximate surface area is 145 Å². The fourth-order valence-electron chi connectivity index (χ4n) is 1.94. The highest BCUT2D eigenvalue weighted by Gasteiger charge is 2.08. The lowest BCUT2D eigenvalue weighted by molar-refractivity contribution is -0.139. The maximum Gasteiger partial charge on any atom is 0.341 e. The summed E-state index contributed by atoms with van der Waals surface area (Å²) in [5, 5.41) is 9.37. The Morgan fingerprint density at radius 2 is 2.00 bits per heavy atom.